The highest BCUT2D eigenvalue weighted by molar-refractivity contribution is 7.89. The second-order valence-electron chi connectivity index (χ2n) is 10.6. The number of fused-ring (bicyclic) bond motifs is 2. The first kappa shape index (κ1) is 22.8. The molecule has 5 rings (SSSR count). The third kappa shape index (κ3) is 4.69. The number of sulfonamides is 1. The fourth-order valence-corrected chi connectivity index (χ4v) is 8.04. The molecular weight excluding hydrogens is 438 g/mol. The molecule has 0 aromatic heterocycles. The Labute approximate surface area is 196 Å². The first-order chi connectivity index (χ1) is 15.8. The van der Waals surface area contributed by atoms with Crippen molar-refractivity contribution in [2.75, 3.05) is 11.9 Å². The van der Waals surface area contributed by atoms with Gasteiger partial charge < -0.3 is 10.2 Å². The van der Waals surface area contributed by atoms with E-state index in [2.05, 4.69) is 10.0 Å². The predicted octanol–water partition coefficient (Wildman–Crippen LogP) is 3.52. The average molecular weight is 474 g/mol. The maximum absolute atomic E-state index is 12.9. The van der Waals surface area contributed by atoms with Crippen molar-refractivity contribution < 1.29 is 18.0 Å². The van der Waals surface area contributed by atoms with Crippen molar-refractivity contribution in [2.45, 2.75) is 81.7 Å². The zero-order chi connectivity index (χ0) is 23.2. The Kier molecular flexibility index (Phi) is 6.25. The number of nitrogens with one attached hydrogen (secondary N) is 2. The van der Waals surface area contributed by atoms with Gasteiger partial charge in [0.15, 0.2) is 0 Å². The highest BCUT2D eigenvalue weighted by atomic mass is 32.2. The molecule has 3 aliphatic carbocycles. The number of hydrogen-bond donors (Lipinski definition) is 2. The number of nitrogens with zero attached hydrogens (tertiary/aromatic N) is 1. The second kappa shape index (κ2) is 9.02. The van der Waals surface area contributed by atoms with Crippen LogP contribution in [0.5, 0.6) is 0 Å². The lowest BCUT2D eigenvalue weighted by Crippen LogP contribution is -2.40. The fraction of sp³-hybridized carbons (Fsp3) is 0.680. The van der Waals surface area contributed by atoms with Gasteiger partial charge in [-0.2, -0.15) is 0 Å². The van der Waals surface area contributed by atoms with Crippen LogP contribution < -0.4 is 10.0 Å². The summed E-state index contributed by atoms with van der Waals surface area (Å²) in [7, 11) is -3.61. The summed E-state index contributed by atoms with van der Waals surface area (Å²) in [5.41, 5.74) is 0.548. The standard InChI is InChI=1S/C25H35N3O4S/c1-16(23-13-17-6-7-18(23)12-17)27-33(31,32)22-10-8-20(9-11-22)26-25(30)19-14-24(29)28(15-19)21-4-2-3-5-21/h8-11,16-19,21,23,27H,2-7,12-15H2,1H3,(H,26,30). The van der Waals surface area contributed by atoms with Crippen LogP contribution in [-0.4, -0.2) is 43.8 Å². The van der Waals surface area contributed by atoms with E-state index in [-0.39, 0.29) is 41.1 Å². The summed E-state index contributed by atoms with van der Waals surface area (Å²) in [6.45, 7) is 2.46. The van der Waals surface area contributed by atoms with Crippen molar-refractivity contribution in [3.8, 4) is 0 Å². The maximum atomic E-state index is 12.9. The van der Waals surface area contributed by atoms with Crippen LogP contribution in [0.2, 0.25) is 0 Å². The van der Waals surface area contributed by atoms with E-state index < -0.39 is 10.0 Å². The van der Waals surface area contributed by atoms with Crippen LogP contribution in [-0.2, 0) is 19.6 Å². The van der Waals surface area contributed by atoms with Crippen molar-refractivity contribution in [3.05, 3.63) is 24.3 Å². The van der Waals surface area contributed by atoms with Crippen LogP contribution in [0.25, 0.3) is 0 Å². The molecule has 3 saturated carbocycles. The van der Waals surface area contributed by atoms with Gasteiger partial charge in [0.05, 0.1) is 10.8 Å². The van der Waals surface area contributed by atoms with Crippen LogP contribution in [0.4, 0.5) is 5.69 Å². The molecular formula is C25H35N3O4S. The van der Waals surface area contributed by atoms with Crippen LogP contribution in [0, 0.1) is 23.7 Å². The molecule has 2 bridgehead atoms. The normalized spacial score (nSPS) is 30.8. The molecule has 5 unspecified atom stereocenters. The van der Waals surface area contributed by atoms with E-state index in [4.69, 9.17) is 0 Å². The number of carbonyl (C=O) groups excluding carboxylic acids is 2. The molecule has 0 spiro atoms. The van der Waals surface area contributed by atoms with E-state index >= 15 is 0 Å². The van der Waals surface area contributed by atoms with Gasteiger partial charge in [-0.25, -0.2) is 13.1 Å². The molecule has 7 nitrogen and oxygen atoms in total. The summed E-state index contributed by atoms with van der Waals surface area (Å²) >= 11 is 0. The number of rotatable bonds is 7. The minimum absolute atomic E-state index is 0.0687. The van der Waals surface area contributed by atoms with Crippen LogP contribution in [0.15, 0.2) is 29.2 Å². The Morgan fingerprint density at radius 2 is 1.79 bits per heavy atom. The minimum Gasteiger partial charge on any atom is -0.339 e. The van der Waals surface area contributed by atoms with Crippen molar-refractivity contribution in [1.29, 1.82) is 0 Å². The molecule has 1 aromatic rings. The quantitative estimate of drug-likeness (QED) is 0.633. The number of anilines is 1. The SMILES string of the molecule is CC(NS(=O)(=O)c1ccc(NC(=O)C2CC(=O)N(C3CCCC3)C2)cc1)C1CC2CCC1C2. The van der Waals surface area contributed by atoms with Crippen LogP contribution in [0.3, 0.4) is 0 Å². The lowest BCUT2D eigenvalue weighted by molar-refractivity contribution is -0.129. The highest BCUT2D eigenvalue weighted by Gasteiger charge is 2.43. The number of carbonyl (C=O) groups is 2. The third-order valence-electron chi connectivity index (χ3n) is 8.50. The summed E-state index contributed by atoms with van der Waals surface area (Å²) in [6, 6.07) is 6.54. The van der Waals surface area contributed by atoms with Crippen LogP contribution in [0.1, 0.15) is 64.7 Å². The lowest BCUT2D eigenvalue weighted by atomic mass is 9.84. The van der Waals surface area contributed by atoms with E-state index in [1.807, 2.05) is 11.8 Å². The highest BCUT2D eigenvalue weighted by Crippen LogP contribution is 2.49. The first-order valence-electron chi connectivity index (χ1n) is 12.5. The average Bonchev–Trinajstić information content (AvgIpc) is 3.58. The number of benzene rings is 1. The summed E-state index contributed by atoms with van der Waals surface area (Å²) in [6.07, 6.45) is 9.50. The molecule has 0 radical (unpaired) electrons. The van der Waals surface area contributed by atoms with Crippen molar-refractivity contribution in [2.24, 2.45) is 23.7 Å². The summed E-state index contributed by atoms with van der Waals surface area (Å²) in [4.78, 5) is 27.2. The van der Waals surface area contributed by atoms with Gasteiger partial charge in [-0.05, 0) is 81.0 Å². The van der Waals surface area contributed by atoms with Gasteiger partial charge >= 0.3 is 0 Å². The van der Waals surface area contributed by atoms with E-state index in [9.17, 15) is 18.0 Å². The molecule has 1 heterocycles. The third-order valence-corrected chi connectivity index (χ3v) is 10.1. The maximum Gasteiger partial charge on any atom is 0.240 e. The molecule has 33 heavy (non-hydrogen) atoms. The van der Waals surface area contributed by atoms with E-state index in [1.165, 1.54) is 31.4 Å². The first-order valence-corrected chi connectivity index (χ1v) is 14.0. The Morgan fingerprint density at radius 3 is 2.42 bits per heavy atom. The van der Waals surface area contributed by atoms with Gasteiger partial charge in [-0.15, -0.1) is 0 Å². The molecule has 1 aromatic carbocycles. The second-order valence-corrected chi connectivity index (χ2v) is 12.4. The Balaban J connectivity index is 1.17. The molecule has 5 atom stereocenters. The zero-order valence-electron chi connectivity index (χ0n) is 19.3. The predicted molar refractivity (Wildman–Crippen MR) is 126 cm³/mol. The topological polar surface area (TPSA) is 95.6 Å². The van der Waals surface area contributed by atoms with Gasteiger partial charge in [-0.3, -0.25) is 9.59 Å². The number of amides is 2. The Bertz CT molecular complexity index is 1000. The summed E-state index contributed by atoms with van der Waals surface area (Å²) < 4.78 is 28.7. The molecule has 2 N–H and O–H groups in total. The Hall–Kier alpha value is -1.93. The molecule has 2 amide bonds. The van der Waals surface area contributed by atoms with E-state index in [0.717, 1.165) is 38.0 Å². The molecule has 180 valence electrons. The van der Waals surface area contributed by atoms with Gasteiger partial charge in [0.1, 0.15) is 0 Å². The van der Waals surface area contributed by atoms with Crippen molar-refractivity contribution in [3.63, 3.8) is 0 Å². The number of hydrogen-bond acceptors (Lipinski definition) is 4. The van der Waals surface area contributed by atoms with E-state index in [0.29, 0.717) is 24.1 Å². The van der Waals surface area contributed by atoms with Crippen molar-refractivity contribution >= 4 is 27.5 Å². The minimum atomic E-state index is -3.61. The monoisotopic (exact) mass is 473 g/mol. The fourth-order valence-electron chi connectivity index (χ4n) is 6.74. The molecule has 8 heteroatoms. The molecule has 1 aliphatic heterocycles. The zero-order valence-corrected chi connectivity index (χ0v) is 20.1. The Morgan fingerprint density at radius 1 is 1.06 bits per heavy atom. The van der Waals surface area contributed by atoms with Gasteiger partial charge in [-0.1, -0.05) is 19.3 Å². The van der Waals surface area contributed by atoms with Gasteiger partial charge in [0.2, 0.25) is 21.8 Å². The largest absolute Gasteiger partial charge is 0.339 e. The molecule has 1 saturated heterocycles. The van der Waals surface area contributed by atoms with Crippen molar-refractivity contribution in [1.82, 2.24) is 9.62 Å². The van der Waals surface area contributed by atoms with Gasteiger partial charge in [0.25, 0.3) is 0 Å². The summed E-state index contributed by atoms with van der Waals surface area (Å²) in [5.74, 6) is 1.38. The number of likely N-dealkylation sites (tertiary alicyclic amines) is 1. The van der Waals surface area contributed by atoms with Crippen LogP contribution >= 0.6 is 0 Å². The summed E-state index contributed by atoms with van der Waals surface area (Å²) in [5, 5.41) is 2.86. The molecule has 4 fully saturated rings. The lowest BCUT2D eigenvalue weighted by Gasteiger charge is -2.28. The van der Waals surface area contributed by atoms with Gasteiger partial charge in [0, 0.05) is 30.7 Å². The smallest absolute Gasteiger partial charge is 0.240 e. The van der Waals surface area contributed by atoms with E-state index in [1.54, 1.807) is 12.1 Å². The molecule has 4 aliphatic rings.